The number of carbonyl (C=O) groups is 1. The molecule has 34 heavy (non-hydrogen) atoms. The Balaban J connectivity index is 1.58. The second-order valence-electron chi connectivity index (χ2n) is 7.54. The van der Waals surface area contributed by atoms with E-state index in [1.807, 2.05) is 0 Å². The predicted molar refractivity (Wildman–Crippen MR) is 124 cm³/mol. The van der Waals surface area contributed by atoms with Crippen LogP contribution >= 0.6 is 11.6 Å². The number of aromatic nitrogens is 2. The molecule has 0 bridgehead atoms. The fourth-order valence-corrected chi connectivity index (χ4v) is 5.48. The number of para-hydroxylation sites is 1. The van der Waals surface area contributed by atoms with Crippen LogP contribution in [0.3, 0.4) is 0 Å². The lowest BCUT2D eigenvalue weighted by molar-refractivity contribution is 0.252. The lowest BCUT2D eigenvalue weighted by Crippen LogP contribution is -2.51. The van der Waals surface area contributed by atoms with E-state index < -0.39 is 21.9 Å². The average Bonchev–Trinajstić information content (AvgIpc) is 3.28. The van der Waals surface area contributed by atoms with Crippen molar-refractivity contribution in [1.29, 1.82) is 0 Å². The number of halogens is 2. The van der Waals surface area contributed by atoms with Crippen LogP contribution < -0.4 is 9.21 Å². The molecule has 0 fully saturated rings. The van der Waals surface area contributed by atoms with E-state index in [1.165, 1.54) is 47.4 Å². The van der Waals surface area contributed by atoms with Gasteiger partial charge in [-0.15, -0.1) is 10.2 Å². The highest BCUT2D eigenvalue weighted by molar-refractivity contribution is 7.94. The third-order valence-corrected chi connectivity index (χ3v) is 7.29. The minimum Gasteiger partial charge on any atom is -0.419 e. The predicted octanol–water partition coefficient (Wildman–Crippen LogP) is 5.17. The first kappa shape index (κ1) is 22.1. The number of fused-ring (bicyclic) bond motifs is 1. The number of amides is 2. The van der Waals surface area contributed by atoms with Crippen LogP contribution in [0.25, 0.3) is 11.5 Å². The summed E-state index contributed by atoms with van der Waals surface area (Å²) in [6.45, 7) is 1.50. The minimum atomic E-state index is -4.21. The Morgan fingerprint density at radius 2 is 1.74 bits per heavy atom. The summed E-state index contributed by atoms with van der Waals surface area (Å²) < 4.78 is 46.5. The van der Waals surface area contributed by atoms with Crippen molar-refractivity contribution in [3.05, 3.63) is 89.0 Å². The van der Waals surface area contributed by atoms with Gasteiger partial charge in [0, 0.05) is 10.6 Å². The fourth-order valence-electron chi connectivity index (χ4n) is 3.66. The summed E-state index contributed by atoms with van der Waals surface area (Å²) in [7, 11) is -4.21. The molecule has 11 heteroatoms. The lowest BCUT2D eigenvalue weighted by atomic mass is 10.2. The minimum absolute atomic E-state index is 0.0488. The second-order valence-corrected chi connectivity index (χ2v) is 9.74. The van der Waals surface area contributed by atoms with Gasteiger partial charge in [0.05, 0.1) is 11.4 Å². The number of nitrogens with zero attached hydrogens (tertiary/aromatic N) is 4. The number of carbonyl (C=O) groups excluding carboxylic acids is 1. The zero-order chi connectivity index (χ0) is 24.0. The number of benzene rings is 3. The van der Waals surface area contributed by atoms with Crippen molar-refractivity contribution in [1.82, 2.24) is 10.2 Å². The SMILES string of the molecule is Cc1ccc(Cl)cc1N1C(=O)N(Cc2nnc(-c3ccc(F)cc3)o2)c2ccccc2S1(=O)=O. The molecule has 172 valence electrons. The zero-order valence-electron chi connectivity index (χ0n) is 17.6. The number of hydrogen-bond donors (Lipinski definition) is 0. The number of aryl methyl sites for hydroxylation is 1. The third kappa shape index (κ3) is 3.70. The van der Waals surface area contributed by atoms with Crippen LogP contribution in [0.2, 0.25) is 5.02 Å². The smallest absolute Gasteiger partial charge is 0.343 e. The largest absolute Gasteiger partial charge is 0.419 e. The lowest BCUT2D eigenvalue weighted by Gasteiger charge is -2.36. The van der Waals surface area contributed by atoms with Crippen LogP contribution in [-0.4, -0.2) is 24.6 Å². The van der Waals surface area contributed by atoms with Gasteiger partial charge in [-0.3, -0.25) is 4.90 Å². The number of hydrogen-bond acceptors (Lipinski definition) is 6. The van der Waals surface area contributed by atoms with E-state index in [0.29, 0.717) is 11.1 Å². The first-order chi connectivity index (χ1) is 16.3. The number of rotatable bonds is 4. The Morgan fingerprint density at radius 3 is 2.50 bits per heavy atom. The van der Waals surface area contributed by atoms with E-state index in [1.54, 1.807) is 31.2 Å². The van der Waals surface area contributed by atoms with E-state index in [9.17, 15) is 17.6 Å². The average molecular weight is 499 g/mol. The highest BCUT2D eigenvalue weighted by Gasteiger charge is 2.43. The molecule has 0 saturated heterocycles. The maximum atomic E-state index is 13.6. The molecule has 2 amide bonds. The van der Waals surface area contributed by atoms with Crippen LogP contribution in [0.4, 0.5) is 20.6 Å². The van der Waals surface area contributed by atoms with Gasteiger partial charge >= 0.3 is 6.03 Å². The number of anilines is 2. The maximum Gasteiger partial charge on any atom is 0.343 e. The Hall–Kier alpha value is -3.76. The molecule has 1 aromatic heterocycles. The Bertz CT molecular complexity index is 1520. The molecule has 0 atom stereocenters. The van der Waals surface area contributed by atoms with Gasteiger partial charge in [-0.25, -0.2) is 17.6 Å². The second kappa shape index (κ2) is 8.23. The molecule has 0 unspecified atom stereocenters. The van der Waals surface area contributed by atoms with E-state index in [2.05, 4.69) is 10.2 Å². The fraction of sp³-hybridized carbons (Fsp3) is 0.0870. The van der Waals surface area contributed by atoms with Crippen molar-refractivity contribution in [2.75, 3.05) is 9.21 Å². The Labute approximate surface area is 199 Å². The molecule has 1 aliphatic heterocycles. The van der Waals surface area contributed by atoms with Crippen LogP contribution in [0, 0.1) is 12.7 Å². The van der Waals surface area contributed by atoms with Crippen molar-refractivity contribution in [2.24, 2.45) is 0 Å². The van der Waals surface area contributed by atoms with E-state index in [4.69, 9.17) is 16.0 Å². The Kier molecular flexibility index (Phi) is 5.34. The van der Waals surface area contributed by atoms with E-state index in [-0.39, 0.29) is 39.6 Å². The first-order valence-corrected chi connectivity index (χ1v) is 11.9. The highest BCUT2D eigenvalue weighted by atomic mass is 35.5. The van der Waals surface area contributed by atoms with Crippen molar-refractivity contribution in [2.45, 2.75) is 18.4 Å². The summed E-state index contributed by atoms with van der Waals surface area (Å²) >= 11 is 6.11. The van der Waals surface area contributed by atoms with Gasteiger partial charge in [0.2, 0.25) is 11.8 Å². The summed E-state index contributed by atoms with van der Waals surface area (Å²) in [4.78, 5) is 14.8. The van der Waals surface area contributed by atoms with Gasteiger partial charge in [-0.1, -0.05) is 29.8 Å². The zero-order valence-corrected chi connectivity index (χ0v) is 19.2. The molecule has 0 aliphatic carbocycles. The van der Waals surface area contributed by atoms with Gasteiger partial charge in [-0.05, 0) is 61.0 Å². The molecule has 0 saturated carbocycles. The van der Waals surface area contributed by atoms with Gasteiger partial charge in [-0.2, -0.15) is 4.31 Å². The monoisotopic (exact) mass is 498 g/mol. The quantitative estimate of drug-likeness (QED) is 0.385. The van der Waals surface area contributed by atoms with Gasteiger partial charge in [0.15, 0.2) is 0 Å². The van der Waals surface area contributed by atoms with Gasteiger partial charge < -0.3 is 4.42 Å². The number of urea groups is 1. The van der Waals surface area contributed by atoms with Crippen molar-refractivity contribution in [3.63, 3.8) is 0 Å². The molecule has 3 aromatic carbocycles. The molecular weight excluding hydrogens is 483 g/mol. The van der Waals surface area contributed by atoms with Crippen molar-refractivity contribution in [3.8, 4) is 11.5 Å². The standard InChI is InChI=1S/C23H16ClFN4O4S/c1-14-6-9-16(24)12-19(14)29-23(30)28(18-4-2-3-5-20(18)34(29,31)32)13-21-26-27-22(33-21)15-7-10-17(25)11-8-15/h2-12H,13H2,1H3. The summed E-state index contributed by atoms with van der Waals surface area (Å²) in [6.07, 6.45) is 0. The molecule has 8 nitrogen and oxygen atoms in total. The summed E-state index contributed by atoms with van der Waals surface area (Å²) in [5, 5.41) is 8.24. The summed E-state index contributed by atoms with van der Waals surface area (Å²) in [5.74, 6) is -0.191. The molecule has 0 spiro atoms. The molecule has 1 aliphatic rings. The van der Waals surface area contributed by atoms with Crippen molar-refractivity contribution >= 4 is 39.0 Å². The molecular formula is C23H16ClFN4O4S. The van der Waals surface area contributed by atoms with Gasteiger partial charge in [0.1, 0.15) is 17.3 Å². The Morgan fingerprint density at radius 1 is 1.00 bits per heavy atom. The first-order valence-electron chi connectivity index (χ1n) is 10.1. The third-order valence-electron chi connectivity index (χ3n) is 5.32. The molecule has 0 N–H and O–H groups in total. The molecule has 4 aromatic rings. The van der Waals surface area contributed by atoms with Crippen LogP contribution in [-0.2, 0) is 16.6 Å². The van der Waals surface area contributed by atoms with Gasteiger partial charge in [0.25, 0.3) is 10.0 Å². The molecule has 2 heterocycles. The molecule has 5 rings (SSSR count). The van der Waals surface area contributed by atoms with Crippen LogP contribution in [0.5, 0.6) is 0 Å². The summed E-state index contributed by atoms with van der Waals surface area (Å²) in [6, 6.07) is 15.5. The maximum absolute atomic E-state index is 13.6. The van der Waals surface area contributed by atoms with Crippen LogP contribution in [0.1, 0.15) is 11.5 Å². The normalized spacial score (nSPS) is 14.9. The number of sulfonamides is 1. The molecule has 0 radical (unpaired) electrons. The van der Waals surface area contributed by atoms with Crippen LogP contribution in [0.15, 0.2) is 76.0 Å². The van der Waals surface area contributed by atoms with E-state index >= 15 is 0 Å². The highest BCUT2D eigenvalue weighted by Crippen LogP contribution is 2.39. The summed E-state index contributed by atoms with van der Waals surface area (Å²) in [5.41, 5.74) is 1.39. The van der Waals surface area contributed by atoms with E-state index in [0.717, 1.165) is 4.31 Å². The topological polar surface area (TPSA) is 96.6 Å². The van der Waals surface area contributed by atoms with Crippen molar-refractivity contribution < 1.29 is 22.0 Å².